The van der Waals surface area contributed by atoms with Crippen molar-refractivity contribution in [3.8, 4) is 11.5 Å². The summed E-state index contributed by atoms with van der Waals surface area (Å²) < 4.78 is 16.4. The summed E-state index contributed by atoms with van der Waals surface area (Å²) in [6.07, 6.45) is -0.321. The molecule has 0 unspecified atom stereocenters. The maximum Gasteiger partial charge on any atom is 0.408 e. The van der Waals surface area contributed by atoms with Crippen LogP contribution in [0.25, 0.3) is 0 Å². The molecule has 5 N–H and O–H groups in total. The standard InChI is InChI=1S/C38H45Cl2N3O10/c1-5-6-7-19-41-33(44)30(20-24-13-17-26(18-14-24)52-32(35(46)47)36(48)49)42-34(45)31(43-37(50)53-38(2,3)4)21-23-11-15-25(16-12-23)51-22-27-28(39)9-8-10-29(27)40/h8-18,30-32H,5-7,19-22H2,1-4H3,(H,41,44)(H,42,45)(H,43,50)(H,46,47)(H,48,49)/t30-,31-/m0/s1. The van der Waals surface area contributed by atoms with Crippen molar-refractivity contribution in [1.29, 1.82) is 0 Å². The molecule has 3 amide bonds. The predicted octanol–water partition coefficient (Wildman–Crippen LogP) is 5.96. The third-order valence-corrected chi connectivity index (χ3v) is 8.30. The van der Waals surface area contributed by atoms with Gasteiger partial charge in [0.15, 0.2) is 0 Å². The first kappa shape index (κ1) is 42.4. The molecule has 0 aliphatic carbocycles. The van der Waals surface area contributed by atoms with Crippen molar-refractivity contribution in [2.24, 2.45) is 0 Å². The van der Waals surface area contributed by atoms with Crippen molar-refractivity contribution in [2.45, 2.75) is 90.2 Å². The van der Waals surface area contributed by atoms with Crippen LogP contribution in [-0.2, 0) is 43.4 Å². The summed E-state index contributed by atoms with van der Waals surface area (Å²) in [6.45, 7) is 7.61. The number of benzene rings is 3. The number of amides is 3. The summed E-state index contributed by atoms with van der Waals surface area (Å²) in [5.74, 6) is -3.93. The van der Waals surface area contributed by atoms with Crippen LogP contribution in [0.2, 0.25) is 10.0 Å². The molecule has 0 aromatic heterocycles. The van der Waals surface area contributed by atoms with E-state index in [0.29, 0.717) is 39.0 Å². The van der Waals surface area contributed by atoms with Crippen LogP contribution in [0.3, 0.4) is 0 Å². The number of hydrogen-bond acceptors (Lipinski definition) is 8. The highest BCUT2D eigenvalue weighted by molar-refractivity contribution is 6.35. The molecule has 0 bridgehead atoms. The Hall–Kier alpha value is -5.01. The fourth-order valence-corrected chi connectivity index (χ4v) is 5.42. The van der Waals surface area contributed by atoms with Crippen LogP contribution in [0.15, 0.2) is 66.7 Å². The molecule has 3 aromatic carbocycles. The molecule has 0 fully saturated rings. The average molecular weight is 775 g/mol. The molecule has 286 valence electrons. The van der Waals surface area contributed by atoms with Gasteiger partial charge in [0.1, 0.15) is 35.8 Å². The minimum Gasteiger partial charge on any atom is -0.489 e. The van der Waals surface area contributed by atoms with E-state index >= 15 is 0 Å². The zero-order valence-corrected chi connectivity index (χ0v) is 31.5. The Labute approximate surface area is 318 Å². The van der Waals surface area contributed by atoms with E-state index < -0.39 is 53.6 Å². The lowest BCUT2D eigenvalue weighted by atomic mass is 10.0. The first-order valence-electron chi connectivity index (χ1n) is 17.0. The van der Waals surface area contributed by atoms with Gasteiger partial charge in [-0.25, -0.2) is 14.4 Å². The Morgan fingerprint density at radius 3 is 1.77 bits per heavy atom. The highest BCUT2D eigenvalue weighted by Crippen LogP contribution is 2.26. The molecule has 0 aliphatic heterocycles. The lowest BCUT2D eigenvalue weighted by molar-refractivity contribution is -0.159. The maximum atomic E-state index is 13.9. The van der Waals surface area contributed by atoms with Crippen LogP contribution < -0.4 is 25.4 Å². The van der Waals surface area contributed by atoms with Gasteiger partial charge < -0.3 is 40.4 Å². The molecule has 53 heavy (non-hydrogen) atoms. The van der Waals surface area contributed by atoms with Crippen LogP contribution >= 0.6 is 23.2 Å². The van der Waals surface area contributed by atoms with E-state index in [1.165, 1.54) is 24.3 Å². The second kappa shape index (κ2) is 20.3. The summed E-state index contributed by atoms with van der Waals surface area (Å²) >= 11 is 12.5. The Kier molecular flexibility index (Phi) is 16.2. The van der Waals surface area contributed by atoms with E-state index in [4.69, 9.17) is 47.6 Å². The van der Waals surface area contributed by atoms with Crippen LogP contribution in [0, 0.1) is 0 Å². The number of aliphatic carboxylic acids is 2. The summed E-state index contributed by atoms with van der Waals surface area (Å²) in [7, 11) is 0. The molecule has 0 radical (unpaired) electrons. The molecule has 0 aliphatic rings. The fourth-order valence-electron chi connectivity index (χ4n) is 4.92. The average Bonchev–Trinajstić information content (AvgIpc) is 3.08. The minimum atomic E-state index is -2.10. The van der Waals surface area contributed by atoms with Crippen LogP contribution in [-0.4, -0.2) is 70.4 Å². The highest BCUT2D eigenvalue weighted by Gasteiger charge is 2.30. The lowest BCUT2D eigenvalue weighted by Crippen LogP contribution is -2.55. The van der Waals surface area contributed by atoms with Crippen molar-refractivity contribution < 1.29 is 48.4 Å². The normalized spacial score (nSPS) is 12.3. The molecule has 0 heterocycles. The Morgan fingerprint density at radius 1 is 0.736 bits per heavy atom. The van der Waals surface area contributed by atoms with E-state index in [2.05, 4.69) is 16.0 Å². The fraction of sp³-hybridized carbons (Fsp3) is 0.395. The largest absolute Gasteiger partial charge is 0.489 e. The number of rotatable bonds is 19. The Morgan fingerprint density at radius 2 is 1.26 bits per heavy atom. The predicted molar refractivity (Wildman–Crippen MR) is 198 cm³/mol. The molecule has 15 heteroatoms. The van der Waals surface area contributed by atoms with E-state index in [1.807, 2.05) is 6.92 Å². The third kappa shape index (κ3) is 14.5. The van der Waals surface area contributed by atoms with Gasteiger partial charge in [0.05, 0.1) is 0 Å². The smallest absolute Gasteiger partial charge is 0.408 e. The summed E-state index contributed by atoms with van der Waals surface area (Å²) in [5, 5.41) is 27.5. The number of carbonyl (C=O) groups excluding carboxylic acids is 3. The zero-order valence-electron chi connectivity index (χ0n) is 29.9. The molecule has 0 saturated heterocycles. The molecule has 3 aromatic rings. The van der Waals surface area contributed by atoms with Crippen molar-refractivity contribution >= 4 is 53.0 Å². The van der Waals surface area contributed by atoms with Gasteiger partial charge in [0, 0.05) is 35.0 Å². The third-order valence-electron chi connectivity index (χ3n) is 7.59. The highest BCUT2D eigenvalue weighted by atomic mass is 35.5. The van der Waals surface area contributed by atoms with Gasteiger partial charge in [0.2, 0.25) is 11.8 Å². The number of nitrogens with one attached hydrogen (secondary N) is 3. The number of carbonyl (C=O) groups is 5. The molecule has 3 rings (SSSR count). The number of carboxylic acid groups (broad SMARTS) is 2. The van der Waals surface area contributed by atoms with Gasteiger partial charge in [0.25, 0.3) is 6.10 Å². The number of ether oxygens (including phenoxy) is 3. The van der Waals surface area contributed by atoms with Gasteiger partial charge in [-0.15, -0.1) is 0 Å². The minimum absolute atomic E-state index is 0.00750. The van der Waals surface area contributed by atoms with Crippen LogP contribution in [0.5, 0.6) is 11.5 Å². The number of hydrogen-bond donors (Lipinski definition) is 5. The van der Waals surface area contributed by atoms with E-state index in [1.54, 1.807) is 63.2 Å². The van der Waals surface area contributed by atoms with Gasteiger partial charge in [-0.1, -0.05) is 73.3 Å². The van der Waals surface area contributed by atoms with Crippen LogP contribution in [0.4, 0.5) is 4.79 Å². The summed E-state index contributed by atoms with van der Waals surface area (Å²) in [4.78, 5) is 62.7. The van der Waals surface area contributed by atoms with Crippen molar-refractivity contribution in [3.63, 3.8) is 0 Å². The van der Waals surface area contributed by atoms with Gasteiger partial charge in [-0.05, 0) is 74.7 Å². The van der Waals surface area contributed by atoms with Gasteiger partial charge in [-0.2, -0.15) is 0 Å². The summed E-state index contributed by atoms with van der Waals surface area (Å²) in [5.41, 5.74) is 1.01. The van der Waals surface area contributed by atoms with E-state index in [9.17, 15) is 24.0 Å². The Bertz CT molecular complexity index is 1680. The van der Waals surface area contributed by atoms with Crippen molar-refractivity contribution in [3.05, 3.63) is 93.5 Å². The number of alkyl carbamates (subject to hydrolysis) is 1. The molecule has 2 atom stereocenters. The molecular formula is C38H45Cl2N3O10. The quantitative estimate of drug-likeness (QED) is 0.0718. The SMILES string of the molecule is CCCCCNC(=O)[C@H](Cc1ccc(OC(C(=O)O)C(=O)O)cc1)NC(=O)[C@H](Cc1ccc(OCc2c(Cl)cccc2Cl)cc1)NC(=O)OC(C)(C)C. The lowest BCUT2D eigenvalue weighted by Gasteiger charge is -2.25. The van der Waals surface area contributed by atoms with Crippen LogP contribution in [0.1, 0.15) is 63.6 Å². The number of unbranched alkanes of at least 4 members (excludes halogenated alkanes) is 2. The van der Waals surface area contributed by atoms with Gasteiger partial charge >= 0.3 is 18.0 Å². The Balaban J connectivity index is 1.81. The molecule has 0 saturated carbocycles. The number of halogens is 2. The van der Waals surface area contributed by atoms with Crippen molar-refractivity contribution in [2.75, 3.05) is 6.54 Å². The van der Waals surface area contributed by atoms with Gasteiger partial charge in [-0.3, -0.25) is 9.59 Å². The number of carboxylic acids is 2. The second-order valence-electron chi connectivity index (χ2n) is 13.1. The second-order valence-corrected chi connectivity index (χ2v) is 13.9. The molecule has 0 spiro atoms. The topological polar surface area (TPSA) is 190 Å². The first-order valence-corrected chi connectivity index (χ1v) is 17.7. The van der Waals surface area contributed by atoms with E-state index in [0.717, 1.165) is 19.3 Å². The first-order chi connectivity index (χ1) is 25.1. The molecular weight excluding hydrogens is 729 g/mol. The molecule has 13 nitrogen and oxygen atoms in total. The summed E-state index contributed by atoms with van der Waals surface area (Å²) in [6, 6.07) is 15.6. The maximum absolute atomic E-state index is 13.9. The monoisotopic (exact) mass is 773 g/mol. The zero-order chi connectivity index (χ0) is 39.1. The van der Waals surface area contributed by atoms with Crippen molar-refractivity contribution in [1.82, 2.24) is 16.0 Å². The van der Waals surface area contributed by atoms with E-state index in [-0.39, 0.29) is 25.2 Å².